The van der Waals surface area contributed by atoms with Crippen LogP contribution in [0.4, 0.5) is 0 Å². The number of nitrogens with one attached hydrogen (secondary N) is 1. The van der Waals surface area contributed by atoms with Crippen molar-refractivity contribution in [3.63, 3.8) is 0 Å². The van der Waals surface area contributed by atoms with Crippen molar-refractivity contribution in [2.24, 2.45) is 0 Å². The Kier molecular flexibility index (Phi) is 4.85. The minimum Gasteiger partial charge on any atom is -0.320 e. The van der Waals surface area contributed by atoms with E-state index < -0.39 is 0 Å². The fourth-order valence-corrected chi connectivity index (χ4v) is 3.72. The first-order chi connectivity index (χ1) is 13.8. The highest BCUT2D eigenvalue weighted by Gasteiger charge is 2.25. The molecule has 0 atom stereocenters. The van der Waals surface area contributed by atoms with Crippen molar-refractivity contribution >= 4 is 0 Å². The zero-order chi connectivity index (χ0) is 20.6. The Balaban J connectivity index is 1.57. The van der Waals surface area contributed by atoms with Crippen molar-refractivity contribution < 1.29 is 0 Å². The fourth-order valence-electron chi connectivity index (χ4n) is 3.72. The zero-order valence-electron chi connectivity index (χ0n) is 17.1. The molecule has 0 aliphatic carbocycles. The normalized spacial score (nSPS) is 14.4. The van der Waals surface area contributed by atoms with E-state index in [1.807, 2.05) is 30.5 Å². The topological polar surface area (TPSA) is 77.7 Å². The van der Waals surface area contributed by atoms with E-state index in [-0.39, 0.29) is 11.0 Å². The summed E-state index contributed by atoms with van der Waals surface area (Å²) in [5, 5.41) is 9.17. The minimum atomic E-state index is -0.176. The van der Waals surface area contributed by atoms with Crippen LogP contribution in [0.1, 0.15) is 49.1 Å². The second-order valence-corrected chi connectivity index (χ2v) is 8.58. The molecule has 6 heteroatoms. The van der Waals surface area contributed by atoms with Gasteiger partial charge < -0.3 is 9.55 Å². The highest BCUT2D eigenvalue weighted by Crippen LogP contribution is 2.22. The van der Waals surface area contributed by atoms with Gasteiger partial charge in [0.15, 0.2) is 0 Å². The van der Waals surface area contributed by atoms with Crippen LogP contribution in [0.3, 0.4) is 0 Å². The SMILES string of the molecule is CC(C)(C)c1nc2c(c(=O)[nH]1)CN(Cc1cccn1-c1cccc(C#N)c1)CC2. The molecule has 0 amide bonds. The van der Waals surface area contributed by atoms with E-state index in [0.717, 1.165) is 48.0 Å². The fraction of sp³-hybridized carbons (Fsp3) is 0.348. The van der Waals surface area contributed by atoms with E-state index in [1.165, 1.54) is 0 Å². The van der Waals surface area contributed by atoms with Crippen LogP contribution < -0.4 is 5.56 Å². The van der Waals surface area contributed by atoms with Crippen LogP contribution in [0.25, 0.3) is 5.69 Å². The molecule has 0 saturated carbocycles. The third-order valence-electron chi connectivity index (χ3n) is 5.33. The van der Waals surface area contributed by atoms with Gasteiger partial charge in [-0.3, -0.25) is 9.69 Å². The van der Waals surface area contributed by atoms with E-state index in [0.29, 0.717) is 12.1 Å². The van der Waals surface area contributed by atoms with Gasteiger partial charge in [0, 0.05) is 49.0 Å². The Labute approximate surface area is 170 Å². The van der Waals surface area contributed by atoms with Crippen molar-refractivity contribution in [3.8, 4) is 11.8 Å². The van der Waals surface area contributed by atoms with Gasteiger partial charge in [-0.1, -0.05) is 26.8 Å². The standard InChI is InChI=1S/C23H25N5O/c1-23(2,3)22-25-20-9-11-27(15-19(20)21(29)26-22)14-18-8-5-10-28(18)17-7-4-6-16(12-17)13-24/h4-8,10,12H,9,11,14-15H2,1-3H3,(H,25,26,29). The zero-order valence-corrected chi connectivity index (χ0v) is 17.1. The number of aromatic amines is 1. The lowest BCUT2D eigenvalue weighted by Crippen LogP contribution is -2.37. The van der Waals surface area contributed by atoms with Gasteiger partial charge in [-0.05, 0) is 30.3 Å². The van der Waals surface area contributed by atoms with Crippen molar-refractivity contribution in [1.29, 1.82) is 5.26 Å². The number of H-pyrrole nitrogens is 1. The van der Waals surface area contributed by atoms with Gasteiger partial charge in [0.05, 0.1) is 22.9 Å². The molecule has 1 aliphatic rings. The van der Waals surface area contributed by atoms with Gasteiger partial charge in [0.1, 0.15) is 5.82 Å². The Morgan fingerprint density at radius 1 is 1.24 bits per heavy atom. The molecule has 0 bridgehead atoms. The molecular weight excluding hydrogens is 362 g/mol. The Morgan fingerprint density at radius 3 is 2.83 bits per heavy atom. The number of nitrogens with zero attached hydrogens (tertiary/aromatic N) is 4. The molecule has 3 aromatic rings. The van der Waals surface area contributed by atoms with Crippen LogP contribution in [-0.4, -0.2) is 26.0 Å². The number of fused-ring (bicyclic) bond motifs is 1. The Bertz CT molecular complexity index is 1140. The number of hydrogen-bond acceptors (Lipinski definition) is 4. The molecule has 1 aliphatic heterocycles. The summed E-state index contributed by atoms with van der Waals surface area (Å²) in [6.45, 7) is 8.35. The Morgan fingerprint density at radius 2 is 2.07 bits per heavy atom. The van der Waals surface area contributed by atoms with Gasteiger partial charge in [-0.15, -0.1) is 0 Å². The van der Waals surface area contributed by atoms with Crippen LogP contribution in [0.2, 0.25) is 0 Å². The molecule has 1 N–H and O–H groups in total. The lowest BCUT2D eigenvalue weighted by molar-refractivity contribution is 0.237. The summed E-state index contributed by atoms with van der Waals surface area (Å²) in [7, 11) is 0. The van der Waals surface area contributed by atoms with Gasteiger partial charge in [0.25, 0.3) is 5.56 Å². The van der Waals surface area contributed by atoms with Crippen molar-refractivity contribution in [2.75, 3.05) is 6.54 Å². The average Bonchev–Trinajstić information content (AvgIpc) is 3.15. The van der Waals surface area contributed by atoms with Crippen LogP contribution in [-0.2, 0) is 24.9 Å². The maximum Gasteiger partial charge on any atom is 0.255 e. The minimum absolute atomic E-state index is 0.0262. The highest BCUT2D eigenvalue weighted by molar-refractivity contribution is 5.42. The number of rotatable bonds is 3. The van der Waals surface area contributed by atoms with Gasteiger partial charge in [0.2, 0.25) is 0 Å². The molecule has 3 heterocycles. The predicted molar refractivity (Wildman–Crippen MR) is 112 cm³/mol. The predicted octanol–water partition coefficient (Wildman–Crippen LogP) is 3.29. The van der Waals surface area contributed by atoms with Gasteiger partial charge >= 0.3 is 0 Å². The van der Waals surface area contributed by atoms with E-state index in [9.17, 15) is 10.1 Å². The summed E-state index contributed by atoms with van der Waals surface area (Å²) in [5.74, 6) is 0.751. The van der Waals surface area contributed by atoms with Crippen LogP contribution in [0.5, 0.6) is 0 Å². The molecule has 0 fully saturated rings. The van der Waals surface area contributed by atoms with Gasteiger partial charge in [-0.25, -0.2) is 4.98 Å². The van der Waals surface area contributed by atoms with E-state index in [2.05, 4.69) is 47.4 Å². The molecule has 0 unspecified atom stereocenters. The number of aromatic nitrogens is 3. The summed E-state index contributed by atoms with van der Waals surface area (Å²) in [6, 6.07) is 13.9. The molecule has 0 spiro atoms. The maximum absolute atomic E-state index is 12.7. The van der Waals surface area contributed by atoms with Crippen LogP contribution in [0.15, 0.2) is 47.4 Å². The average molecular weight is 387 g/mol. The third-order valence-corrected chi connectivity index (χ3v) is 5.33. The molecule has 0 radical (unpaired) electrons. The second kappa shape index (κ2) is 7.34. The van der Waals surface area contributed by atoms with E-state index >= 15 is 0 Å². The monoisotopic (exact) mass is 387 g/mol. The van der Waals surface area contributed by atoms with Crippen molar-refractivity contribution in [2.45, 2.75) is 45.7 Å². The Hall–Kier alpha value is -3.17. The maximum atomic E-state index is 12.7. The number of hydrogen-bond donors (Lipinski definition) is 1. The largest absolute Gasteiger partial charge is 0.320 e. The molecular formula is C23H25N5O. The summed E-state index contributed by atoms with van der Waals surface area (Å²) >= 11 is 0. The molecule has 148 valence electrons. The summed E-state index contributed by atoms with van der Waals surface area (Å²) in [6.07, 6.45) is 2.78. The van der Waals surface area contributed by atoms with E-state index in [4.69, 9.17) is 4.98 Å². The van der Waals surface area contributed by atoms with Gasteiger partial charge in [-0.2, -0.15) is 5.26 Å². The number of benzene rings is 1. The molecule has 2 aromatic heterocycles. The molecule has 0 saturated heterocycles. The van der Waals surface area contributed by atoms with Crippen molar-refractivity contribution in [3.05, 3.63) is 81.3 Å². The molecule has 6 nitrogen and oxygen atoms in total. The molecule has 1 aromatic carbocycles. The summed E-state index contributed by atoms with van der Waals surface area (Å²) in [4.78, 5) is 22.7. The molecule has 4 rings (SSSR count). The smallest absolute Gasteiger partial charge is 0.255 e. The number of nitriles is 1. The first kappa shape index (κ1) is 19.2. The van der Waals surface area contributed by atoms with Crippen molar-refractivity contribution in [1.82, 2.24) is 19.4 Å². The highest BCUT2D eigenvalue weighted by atomic mass is 16.1. The lowest BCUT2D eigenvalue weighted by atomic mass is 9.95. The van der Waals surface area contributed by atoms with Crippen LogP contribution >= 0.6 is 0 Å². The quantitative estimate of drug-likeness (QED) is 0.748. The third kappa shape index (κ3) is 3.87. The van der Waals surface area contributed by atoms with E-state index in [1.54, 1.807) is 6.07 Å². The van der Waals surface area contributed by atoms with Crippen LogP contribution in [0, 0.1) is 11.3 Å². The second-order valence-electron chi connectivity index (χ2n) is 8.58. The first-order valence-electron chi connectivity index (χ1n) is 9.87. The lowest BCUT2D eigenvalue weighted by Gasteiger charge is -2.29. The summed E-state index contributed by atoms with van der Waals surface area (Å²) < 4.78 is 2.10. The molecule has 29 heavy (non-hydrogen) atoms. The summed E-state index contributed by atoms with van der Waals surface area (Å²) in [5.41, 5.74) is 4.23. The first-order valence-corrected chi connectivity index (χ1v) is 9.87.